The Balaban J connectivity index is 1.22. The van der Waals surface area contributed by atoms with Crippen LogP contribution in [0.15, 0.2) is 85.1 Å². The summed E-state index contributed by atoms with van der Waals surface area (Å²) in [6, 6.07) is 24.9. The van der Waals surface area contributed by atoms with E-state index in [0.29, 0.717) is 36.0 Å². The molecule has 0 spiro atoms. The Morgan fingerprint density at radius 3 is 2.37 bits per heavy atom. The Labute approximate surface area is 227 Å². The number of ketones is 1. The molecule has 3 aromatic carbocycles. The highest BCUT2D eigenvalue weighted by atomic mass is 35.5. The van der Waals surface area contributed by atoms with E-state index < -0.39 is 0 Å². The van der Waals surface area contributed by atoms with Crippen LogP contribution in [0.5, 0.6) is 0 Å². The van der Waals surface area contributed by atoms with Gasteiger partial charge in [-0.25, -0.2) is 9.97 Å². The number of hydrogen-bond acceptors (Lipinski definition) is 6. The number of hydrogen-bond donors (Lipinski definition) is 1. The van der Waals surface area contributed by atoms with E-state index in [1.165, 1.54) is 0 Å². The lowest BCUT2D eigenvalue weighted by Crippen LogP contribution is -2.48. The van der Waals surface area contributed by atoms with Crippen LogP contribution in [0.25, 0.3) is 11.3 Å². The number of carbonyl (C=O) groups is 2. The van der Waals surface area contributed by atoms with Crippen LogP contribution in [0, 0.1) is 0 Å². The van der Waals surface area contributed by atoms with E-state index in [-0.39, 0.29) is 11.7 Å². The highest BCUT2D eigenvalue weighted by Gasteiger charge is 2.22. The molecule has 192 valence electrons. The topological polar surface area (TPSA) is 78.4 Å². The molecule has 1 amide bonds. The van der Waals surface area contributed by atoms with Crippen molar-refractivity contribution >= 4 is 40.6 Å². The predicted molar refractivity (Wildman–Crippen MR) is 151 cm³/mol. The molecule has 1 aliphatic rings. The SMILES string of the molecule is CC(=O)Cc1ccc(-c2ccnc(Nc3cccc(N4CCN(C(=O)c5ccc(Cl)cc5)CC4)c3)n2)cc1. The zero-order valence-electron chi connectivity index (χ0n) is 21.1. The number of piperazine rings is 1. The molecule has 4 aromatic rings. The van der Waals surface area contributed by atoms with Gasteiger partial charge in [0.05, 0.1) is 5.69 Å². The van der Waals surface area contributed by atoms with Crippen molar-refractivity contribution < 1.29 is 9.59 Å². The van der Waals surface area contributed by atoms with Crippen LogP contribution in [0.3, 0.4) is 0 Å². The third kappa shape index (κ3) is 6.18. The Hall–Kier alpha value is -4.23. The highest BCUT2D eigenvalue weighted by molar-refractivity contribution is 6.30. The van der Waals surface area contributed by atoms with Crippen molar-refractivity contribution in [1.29, 1.82) is 0 Å². The van der Waals surface area contributed by atoms with Gasteiger partial charge < -0.3 is 15.1 Å². The van der Waals surface area contributed by atoms with Gasteiger partial charge in [0.25, 0.3) is 5.91 Å². The standard InChI is InChI=1S/C30H28ClN5O2/c1-21(37)19-22-5-7-23(8-6-22)28-13-14-32-30(34-28)33-26-3-2-4-27(20-26)35-15-17-36(18-16-35)29(38)24-9-11-25(31)12-10-24/h2-14,20H,15-19H2,1H3,(H,32,33,34). The molecule has 0 radical (unpaired) electrons. The Morgan fingerprint density at radius 2 is 1.66 bits per heavy atom. The monoisotopic (exact) mass is 525 g/mol. The summed E-state index contributed by atoms with van der Waals surface area (Å²) in [4.78, 5) is 37.4. The molecular formula is C30H28ClN5O2. The summed E-state index contributed by atoms with van der Waals surface area (Å²) in [5.41, 5.74) is 5.36. The van der Waals surface area contributed by atoms with Crippen LogP contribution >= 0.6 is 11.6 Å². The maximum absolute atomic E-state index is 12.8. The van der Waals surface area contributed by atoms with Gasteiger partial charge in [0.1, 0.15) is 5.78 Å². The van der Waals surface area contributed by atoms with Crippen LogP contribution < -0.4 is 10.2 Å². The zero-order valence-corrected chi connectivity index (χ0v) is 21.9. The van der Waals surface area contributed by atoms with Gasteiger partial charge in [0, 0.05) is 66.3 Å². The molecule has 8 heteroatoms. The third-order valence-corrected chi connectivity index (χ3v) is 6.74. The molecule has 1 N–H and O–H groups in total. The summed E-state index contributed by atoms with van der Waals surface area (Å²) in [5, 5.41) is 3.94. The summed E-state index contributed by atoms with van der Waals surface area (Å²) < 4.78 is 0. The van der Waals surface area contributed by atoms with E-state index >= 15 is 0 Å². The number of nitrogens with zero attached hydrogens (tertiary/aromatic N) is 4. The second-order valence-electron chi connectivity index (χ2n) is 9.30. The number of benzene rings is 3. The van der Waals surface area contributed by atoms with E-state index in [2.05, 4.69) is 32.3 Å². The molecule has 1 aromatic heterocycles. The number of anilines is 3. The maximum atomic E-state index is 12.8. The summed E-state index contributed by atoms with van der Waals surface area (Å²) >= 11 is 5.95. The van der Waals surface area contributed by atoms with Crippen molar-refractivity contribution in [1.82, 2.24) is 14.9 Å². The molecule has 5 rings (SSSR count). The number of Topliss-reactive ketones (excluding diaryl/α,β-unsaturated/α-hetero) is 1. The molecule has 38 heavy (non-hydrogen) atoms. The van der Waals surface area contributed by atoms with Gasteiger partial charge in [-0.05, 0) is 61.0 Å². The number of rotatable bonds is 7. The fourth-order valence-corrected chi connectivity index (χ4v) is 4.64. The van der Waals surface area contributed by atoms with Crippen LogP contribution in [0.4, 0.5) is 17.3 Å². The molecule has 0 atom stereocenters. The summed E-state index contributed by atoms with van der Waals surface area (Å²) in [5.74, 6) is 0.676. The minimum atomic E-state index is 0.0299. The molecule has 0 aliphatic carbocycles. The summed E-state index contributed by atoms with van der Waals surface area (Å²) in [6.45, 7) is 4.38. The first-order valence-electron chi connectivity index (χ1n) is 12.5. The fourth-order valence-electron chi connectivity index (χ4n) is 4.51. The van der Waals surface area contributed by atoms with Crippen molar-refractivity contribution in [3.8, 4) is 11.3 Å². The molecule has 1 aliphatic heterocycles. The maximum Gasteiger partial charge on any atom is 0.253 e. The molecular weight excluding hydrogens is 498 g/mol. The average Bonchev–Trinajstić information content (AvgIpc) is 2.94. The minimum Gasteiger partial charge on any atom is -0.368 e. The highest BCUT2D eigenvalue weighted by Crippen LogP contribution is 2.25. The number of halogens is 1. The quantitative estimate of drug-likeness (QED) is 0.337. The normalized spacial score (nSPS) is 13.3. The van der Waals surface area contributed by atoms with Crippen molar-refractivity contribution in [2.75, 3.05) is 36.4 Å². The number of amides is 1. The van der Waals surface area contributed by atoms with Crippen LogP contribution in [-0.4, -0.2) is 52.7 Å². The lowest BCUT2D eigenvalue weighted by molar-refractivity contribution is -0.116. The second kappa shape index (κ2) is 11.4. The summed E-state index contributed by atoms with van der Waals surface area (Å²) in [7, 11) is 0. The zero-order chi connectivity index (χ0) is 26.5. The van der Waals surface area contributed by atoms with E-state index in [0.717, 1.165) is 41.3 Å². The first kappa shape index (κ1) is 25.4. The molecule has 0 unspecified atom stereocenters. The van der Waals surface area contributed by atoms with Gasteiger partial charge >= 0.3 is 0 Å². The smallest absolute Gasteiger partial charge is 0.253 e. The largest absolute Gasteiger partial charge is 0.368 e. The van der Waals surface area contributed by atoms with Crippen LogP contribution in [-0.2, 0) is 11.2 Å². The average molecular weight is 526 g/mol. The van der Waals surface area contributed by atoms with E-state index in [9.17, 15) is 9.59 Å². The number of nitrogens with one attached hydrogen (secondary N) is 1. The van der Waals surface area contributed by atoms with E-state index in [1.807, 2.05) is 47.4 Å². The molecule has 1 fully saturated rings. The summed E-state index contributed by atoms with van der Waals surface area (Å²) in [6.07, 6.45) is 2.16. The Bertz CT molecular complexity index is 1430. The predicted octanol–water partition coefficient (Wildman–Crippen LogP) is 5.63. The van der Waals surface area contributed by atoms with Gasteiger partial charge in [-0.2, -0.15) is 0 Å². The molecule has 7 nitrogen and oxygen atoms in total. The molecule has 0 saturated carbocycles. The lowest BCUT2D eigenvalue weighted by Gasteiger charge is -2.36. The molecule has 0 bridgehead atoms. The van der Waals surface area contributed by atoms with Crippen molar-refractivity contribution in [3.63, 3.8) is 0 Å². The van der Waals surface area contributed by atoms with Crippen molar-refractivity contribution in [2.24, 2.45) is 0 Å². The van der Waals surface area contributed by atoms with Crippen LogP contribution in [0.2, 0.25) is 5.02 Å². The van der Waals surface area contributed by atoms with E-state index in [1.54, 1.807) is 37.4 Å². The first-order valence-corrected chi connectivity index (χ1v) is 12.9. The van der Waals surface area contributed by atoms with Gasteiger partial charge in [-0.15, -0.1) is 0 Å². The first-order chi connectivity index (χ1) is 18.4. The number of carbonyl (C=O) groups excluding carboxylic acids is 2. The molecule has 2 heterocycles. The second-order valence-corrected chi connectivity index (χ2v) is 9.74. The minimum absolute atomic E-state index is 0.0299. The van der Waals surface area contributed by atoms with Gasteiger partial charge in [-0.3, -0.25) is 9.59 Å². The fraction of sp³-hybridized carbons (Fsp3) is 0.200. The third-order valence-electron chi connectivity index (χ3n) is 6.48. The lowest BCUT2D eigenvalue weighted by atomic mass is 10.1. The molecule has 1 saturated heterocycles. The van der Waals surface area contributed by atoms with Gasteiger partial charge in [0.15, 0.2) is 0 Å². The van der Waals surface area contributed by atoms with Crippen molar-refractivity contribution in [3.05, 3.63) is 101 Å². The van der Waals surface area contributed by atoms with Gasteiger partial charge in [-0.1, -0.05) is 41.9 Å². The Kier molecular flexibility index (Phi) is 7.65. The van der Waals surface area contributed by atoms with E-state index in [4.69, 9.17) is 11.6 Å². The van der Waals surface area contributed by atoms with Crippen LogP contribution in [0.1, 0.15) is 22.8 Å². The van der Waals surface area contributed by atoms with Gasteiger partial charge in [0.2, 0.25) is 5.95 Å². The Morgan fingerprint density at radius 1 is 0.921 bits per heavy atom. The number of aromatic nitrogens is 2. The van der Waals surface area contributed by atoms with Crippen molar-refractivity contribution in [2.45, 2.75) is 13.3 Å².